The van der Waals surface area contributed by atoms with Gasteiger partial charge in [-0.1, -0.05) is 0 Å². The second-order valence-electron chi connectivity index (χ2n) is 6.49. The highest BCUT2D eigenvalue weighted by Crippen LogP contribution is 2.40. The van der Waals surface area contributed by atoms with Crippen molar-refractivity contribution in [3.8, 4) is 22.9 Å². The molecule has 0 radical (unpaired) electrons. The molecular weight excluding hydrogens is 383 g/mol. The molecule has 0 unspecified atom stereocenters. The molecule has 0 aliphatic rings. The molecule has 0 saturated heterocycles. The lowest BCUT2D eigenvalue weighted by Gasteiger charge is -2.15. The molecule has 0 fully saturated rings. The highest BCUT2D eigenvalue weighted by molar-refractivity contribution is 6.10. The van der Waals surface area contributed by atoms with Gasteiger partial charge in [-0.05, 0) is 54.6 Å². The van der Waals surface area contributed by atoms with Gasteiger partial charge in [-0.15, -0.1) is 0 Å². The zero-order chi connectivity index (χ0) is 20.8. The third-order valence-electron chi connectivity index (χ3n) is 4.93. The summed E-state index contributed by atoms with van der Waals surface area (Å²) in [5.74, 6) is 1.49. The van der Waals surface area contributed by atoms with Gasteiger partial charge >= 0.3 is 6.18 Å². The SMILES string of the molecule is COc1ccc2c(c1)c1cc(OC)ccc1n2-c1ccc(C(F)(F)F)cc1OC. The Morgan fingerprint density at radius 3 is 1.69 bits per heavy atom. The first-order valence-electron chi connectivity index (χ1n) is 8.79. The third-order valence-corrected chi connectivity index (χ3v) is 4.93. The van der Waals surface area contributed by atoms with Crippen LogP contribution in [-0.2, 0) is 6.18 Å². The van der Waals surface area contributed by atoms with E-state index in [-0.39, 0.29) is 5.75 Å². The molecule has 0 atom stereocenters. The maximum Gasteiger partial charge on any atom is 0.416 e. The fourth-order valence-corrected chi connectivity index (χ4v) is 3.53. The summed E-state index contributed by atoms with van der Waals surface area (Å²) in [6, 6.07) is 14.7. The van der Waals surface area contributed by atoms with E-state index in [1.165, 1.54) is 13.2 Å². The van der Waals surface area contributed by atoms with Crippen LogP contribution in [0.25, 0.3) is 27.5 Å². The van der Waals surface area contributed by atoms with Gasteiger partial charge in [-0.2, -0.15) is 13.2 Å². The number of hydrogen-bond acceptors (Lipinski definition) is 3. The highest BCUT2D eigenvalue weighted by Gasteiger charge is 2.31. The number of rotatable bonds is 4. The highest BCUT2D eigenvalue weighted by atomic mass is 19.4. The summed E-state index contributed by atoms with van der Waals surface area (Å²) in [7, 11) is 4.53. The molecule has 0 amide bonds. The Hall–Kier alpha value is -3.35. The molecule has 4 aromatic rings. The van der Waals surface area contributed by atoms with E-state index in [0.29, 0.717) is 17.2 Å². The van der Waals surface area contributed by atoms with Crippen molar-refractivity contribution >= 4 is 21.8 Å². The Kier molecular flexibility index (Phi) is 4.53. The quantitative estimate of drug-likeness (QED) is 0.431. The van der Waals surface area contributed by atoms with Crippen molar-refractivity contribution in [2.24, 2.45) is 0 Å². The molecule has 0 aliphatic heterocycles. The zero-order valence-corrected chi connectivity index (χ0v) is 16.0. The number of halogens is 3. The van der Waals surface area contributed by atoms with Gasteiger partial charge in [0.2, 0.25) is 0 Å². The molecule has 1 heterocycles. The molecule has 4 rings (SSSR count). The summed E-state index contributed by atoms with van der Waals surface area (Å²) in [5.41, 5.74) is 1.37. The van der Waals surface area contributed by atoms with Crippen molar-refractivity contribution in [2.45, 2.75) is 6.18 Å². The molecule has 7 heteroatoms. The van der Waals surface area contributed by atoms with Crippen LogP contribution in [0.4, 0.5) is 13.2 Å². The van der Waals surface area contributed by atoms with E-state index in [1.54, 1.807) is 14.2 Å². The molecule has 0 saturated carbocycles. The molecular formula is C22H18F3NO3. The Bertz CT molecular complexity index is 1150. The first-order chi connectivity index (χ1) is 13.9. The van der Waals surface area contributed by atoms with Gasteiger partial charge in [0.25, 0.3) is 0 Å². The molecule has 0 spiro atoms. The summed E-state index contributed by atoms with van der Waals surface area (Å²) in [6.07, 6.45) is -4.45. The van der Waals surface area contributed by atoms with Crippen LogP contribution in [0, 0.1) is 0 Å². The maximum absolute atomic E-state index is 13.2. The van der Waals surface area contributed by atoms with E-state index in [1.807, 2.05) is 41.0 Å². The third kappa shape index (κ3) is 3.12. The first-order valence-corrected chi connectivity index (χ1v) is 8.79. The minimum Gasteiger partial charge on any atom is -0.497 e. The van der Waals surface area contributed by atoms with Crippen molar-refractivity contribution in [3.05, 3.63) is 60.2 Å². The molecule has 1 aromatic heterocycles. The summed E-state index contributed by atoms with van der Waals surface area (Å²) < 4.78 is 57.4. The minimum atomic E-state index is -4.45. The second-order valence-corrected chi connectivity index (χ2v) is 6.49. The van der Waals surface area contributed by atoms with Crippen molar-refractivity contribution in [2.75, 3.05) is 21.3 Å². The van der Waals surface area contributed by atoms with Gasteiger partial charge in [-0.25, -0.2) is 0 Å². The largest absolute Gasteiger partial charge is 0.497 e. The van der Waals surface area contributed by atoms with E-state index in [4.69, 9.17) is 14.2 Å². The van der Waals surface area contributed by atoms with Crippen LogP contribution in [0.15, 0.2) is 54.6 Å². The molecule has 29 heavy (non-hydrogen) atoms. The van der Waals surface area contributed by atoms with Gasteiger partial charge in [0.15, 0.2) is 0 Å². The number of aromatic nitrogens is 1. The summed E-state index contributed by atoms with van der Waals surface area (Å²) in [6.45, 7) is 0. The lowest BCUT2D eigenvalue weighted by atomic mass is 10.1. The van der Waals surface area contributed by atoms with Gasteiger partial charge in [-0.3, -0.25) is 0 Å². The molecule has 3 aromatic carbocycles. The van der Waals surface area contributed by atoms with E-state index in [9.17, 15) is 13.2 Å². The first kappa shape index (κ1) is 19.0. The number of nitrogens with zero attached hydrogens (tertiary/aromatic N) is 1. The molecule has 4 nitrogen and oxygen atoms in total. The van der Waals surface area contributed by atoms with Crippen LogP contribution < -0.4 is 14.2 Å². The van der Waals surface area contributed by atoms with E-state index in [2.05, 4.69) is 0 Å². The van der Waals surface area contributed by atoms with E-state index < -0.39 is 11.7 Å². The van der Waals surface area contributed by atoms with E-state index in [0.717, 1.165) is 33.9 Å². The van der Waals surface area contributed by atoms with E-state index >= 15 is 0 Å². The monoisotopic (exact) mass is 401 g/mol. The fraction of sp³-hybridized carbons (Fsp3) is 0.182. The smallest absolute Gasteiger partial charge is 0.416 e. The standard InChI is InChI=1S/C22H18F3NO3/c1-27-14-5-8-18-16(11-14)17-12-15(28-2)6-9-19(17)26(18)20-7-4-13(22(23,24)25)10-21(20)29-3/h4-12H,1-3H3. The zero-order valence-electron chi connectivity index (χ0n) is 16.0. The minimum absolute atomic E-state index is 0.130. The lowest BCUT2D eigenvalue weighted by Crippen LogP contribution is -2.07. The number of benzene rings is 3. The predicted octanol–water partition coefficient (Wildman–Crippen LogP) is 5.83. The van der Waals surface area contributed by atoms with Crippen LogP contribution in [0.5, 0.6) is 17.2 Å². The Balaban J connectivity index is 2.07. The predicted molar refractivity (Wildman–Crippen MR) is 105 cm³/mol. The van der Waals surface area contributed by atoms with Crippen molar-refractivity contribution in [3.63, 3.8) is 0 Å². The number of fused-ring (bicyclic) bond motifs is 3. The topological polar surface area (TPSA) is 32.6 Å². The number of methoxy groups -OCH3 is 3. The van der Waals surface area contributed by atoms with Crippen LogP contribution >= 0.6 is 0 Å². The van der Waals surface area contributed by atoms with Crippen LogP contribution in [-0.4, -0.2) is 25.9 Å². The Morgan fingerprint density at radius 2 is 1.24 bits per heavy atom. The average Bonchev–Trinajstić information content (AvgIpc) is 3.05. The fourth-order valence-electron chi connectivity index (χ4n) is 3.53. The van der Waals surface area contributed by atoms with Gasteiger partial charge in [0.05, 0.1) is 43.6 Å². The summed E-state index contributed by atoms with van der Waals surface area (Å²) in [5, 5.41) is 1.78. The number of hydrogen-bond donors (Lipinski definition) is 0. The Morgan fingerprint density at radius 1 is 0.690 bits per heavy atom. The lowest BCUT2D eigenvalue weighted by molar-refractivity contribution is -0.137. The van der Waals surface area contributed by atoms with Gasteiger partial charge in [0.1, 0.15) is 17.2 Å². The maximum atomic E-state index is 13.2. The number of alkyl halides is 3. The van der Waals surface area contributed by atoms with Crippen molar-refractivity contribution < 1.29 is 27.4 Å². The Labute approximate surface area is 165 Å². The average molecular weight is 401 g/mol. The molecule has 150 valence electrons. The summed E-state index contributed by atoms with van der Waals surface area (Å²) >= 11 is 0. The number of ether oxygens (including phenoxy) is 3. The molecule has 0 bridgehead atoms. The van der Waals surface area contributed by atoms with Crippen LogP contribution in [0.2, 0.25) is 0 Å². The van der Waals surface area contributed by atoms with Crippen LogP contribution in [0.1, 0.15) is 5.56 Å². The second kappa shape index (κ2) is 6.92. The van der Waals surface area contributed by atoms with Gasteiger partial charge < -0.3 is 18.8 Å². The van der Waals surface area contributed by atoms with Crippen molar-refractivity contribution in [1.82, 2.24) is 4.57 Å². The molecule has 0 aliphatic carbocycles. The normalized spacial score (nSPS) is 11.8. The molecule has 0 N–H and O–H groups in total. The van der Waals surface area contributed by atoms with Crippen molar-refractivity contribution in [1.29, 1.82) is 0 Å². The van der Waals surface area contributed by atoms with Crippen LogP contribution in [0.3, 0.4) is 0 Å². The summed E-state index contributed by atoms with van der Waals surface area (Å²) in [4.78, 5) is 0. The van der Waals surface area contributed by atoms with Gasteiger partial charge in [0, 0.05) is 10.8 Å².